The zero-order valence-corrected chi connectivity index (χ0v) is 9.53. The number of anilines is 2. The lowest BCUT2D eigenvalue weighted by molar-refractivity contribution is -0.117. The molecule has 4 heteroatoms. The summed E-state index contributed by atoms with van der Waals surface area (Å²) in [5, 5.41) is 12.1. The predicted octanol–water partition coefficient (Wildman–Crippen LogP) is 1.35. The van der Waals surface area contributed by atoms with Crippen molar-refractivity contribution in [2.45, 2.75) is 26.5 Å². The van der Waals surface area contributed by atoms with Crippen molar-refractivity contribution in [3.63, 3.8) is 0 Å². The second-order valence-electron chi connectivity index (χ2n) is 4.22. The summed E-state index contributed by atoms with van der Waals surface area (Å²) in [4.78, 5) is 13.6. The van der Waals surface area contributed by atoms with Crippen LogP contribution in [0.4, 0.5) is 11.4 Å². The van der Waals surface area contributed by atoms with Gasteiger partial charge in [-0.25, -0.2) is 0 Å². The average Bonchev–Trinajstić information content (AvgIpc) is 2.27. The number of aliphatic hydroxyl groups is 1. The van der Waals surface area contributed by atoms with Gasteiger partial charge in [-0.1, -0.05) is 6.07 Å². The van der Waals surface area contributed by atoms with Gasteiger partial charge in [-0.2, -0.15) is 0 Å². The van der Waals surface area contributed by atoms with Gasteiger partial charge in [-0.05, 0) is 31.5 Å². The Morgan fingerprint density at radius 3 is 2.88 bits per heavy atom. The van der Waals surface area contributed by atoms with Crippen LogP contribution in [0.1, 0.15) is 19.4 Å². The van der Waals surface area contributed by atoms with Crippen LogP contribution >= 0.6 is 0 Å². The van der Waals surface area contributed by atoms with Gasteiger partial charge in [0.25, 0.3) is 0 Å². The van der Waals surface area contributed by atoms with Crippen LogP contribution in [-0.4, -0.2) is 23.6 Å². The lowest BCUT2D eigenvalue weighted by Gasteiger charge is -2.33. The molecule has 1 heterocycles. The van der Waals surface area contributed by atoms with Crippen molar-refractivity contribution in [1.82, 2.24) is 0 Å². The second-order valence-corrected chi connectivity index (χ2v) is 4.22. The fourth-order valence-corrected chi connectivity index (χ4v) is 1.99. The molecular formula is C12H16N2O2. The zero-order chi connectivity index (χ0) is 11.7. The molecule has 2 rings (SSSR count). The number of hydrogen-bond donors (Lipinski definition) is 2. The molecule has 0 saturated carbocycles. The minimum absolute atomic E-state index is 0.0184. The van der Waals surface area contributed by atoms with E-state index >= 15 is 0 Å². The molecule has 0 aliphatic carbocycles. The Labute approximate surface area is 94.9 Å². The zero-order valence-electron chi connectivity index (χ0n) is 9.53. The lowest BCUT2D eigenvalue weighted by atomic mass is 10.1. The third kappa shape index (κ3) is 1.76. The summed E-state index contributed by atoms with van der Waals surface area (Å²) in [5.74, 6) is 0.0826. The quantitative estimate of drug-likeness (QED) is 0.791. The van der Waals surface area contributed by atoms with Crippen molar-refractivity contribution in [3.05, 3.63) is 23.8 Å². The summed E-state index contributed by atoms with van der Waals surface area (Å²) < 4.78 is 0. The molecule has 0 bridgehead atoms. The van der Waals surface area contributed by atoms with Crippen LogP contribution in [0.25, 0.3) is 0 Å². The third-order valence-corrected chi connectivity index (χ3v) is 2.72. The number of benzene rings is 1. The van der Waals surface area contributed by atoms with Crippen LogP contribution in [0.5, 0.6) is 0 Å². The van der Waals surface area contributed by atoms with E-state index < -0.39 is 0 Å². The molecule has 0 atom stereocenters. The van der Waals surface area contributed by atoms with Crippen molar-refractivity contribution >= 4 is 17.3 Å². The normalized spacial score (nSPS) is 15.0. The summed E-state index contributed by atoms with van der Waals surface area (Å²) in [5.41, 5.74) is 2.66. The number of carbonyl (C=O) groups excluding carboxylic acids is 1. The van der Waals surface area contributed by atoms with Crippen molar-refractivity contribution in [2.75, 3.05) is 16.8 Å². The maximum absolute atomic E-state index is 11.8. The van der Waals surface area contributed by atoms with Crippen LogP contribution < -0.4 is 10.2 Å². The number of nitrogens with zero attached hydrogens (tertiary/aromatic N) is 1. The number of aliphatic hydroxyl groups excluding tert-OH is 1. The van der Waals surface area contributed by atoms with Crippen molar-refractivity contribution in [3.8, 4) is 0 Å². The minimum atomic E-state index is 0.0184. The first kappa shape index (κ1) is 11.0. The molecule has 4 nitrogen and oxygen atoms in total. The SMILES string of the molecule is CC(C)N1C(=O)CNc2cc(CO)ccc21. The molecule has 1 aromatic carbocycles. The molecule has 2 N–H and O–H groups in total. The molecule has 86 valence electrons. The Bertz CT molecular complexity index is 415. The summed E-state index contributed by atoms with van der Waals surface area (Å²) in [6, 6.07) is 5.75. The Hall–Kier alpha value is -1.55. The molecule has 1 aliphatic rings. The maximum Gasteiger partial charge on any atom is 0.246 e. The molecule has 0 radical (unpaired) electrons. The van der Waals surface area contributed by atoms with Crippen LogP contribution in [0.2, 0.25) is 0 Å². The van der Waals surface area contributed by atoms with Crippen LogP contribution in [0.3, 0.4) is 0 Å². The van der Waals surface area contributed by atoms with Gasteiger partial charge in [0, 0.05) is 6.04 Å². The smallest absolute Gasteiger partial charge is 0.246 e. The fraction of sp³-hybridized carbons (Fsp3) is 0.417. The lowest BCUT2D eigenvalue weighted by Crippen LogP contribution is -2.44. The van der Waals surface area contributed by atoms with E-state index in [0.717, 1.165) is 16.9 Å². The number of fused-ring (bicyclic) bond motifs is 1. The van der Waals surface area contributed by atoms with Gasteiger partial charge in [-0.3, -0.25) is 4.79 Å². The molecule has 0 fully saturated rings. The molecule has 1 amide bonds. The average molecular weight is 220 g/mol. The van der Waals surface area contributed by atoms with Crippen molar-refractivity contribution in [1.29, 1.82) is 0 Å². The molecule has 0 aromatic heterocycles. The Morgan fingerprint density at radius 2 is 2.25 bits per heavy atom. The summed E-state index contributed by atoms with van der Waals surface area (Å²) >= 11 is 0. The summed E-state index contributed by atoms with van der Waals surface area (Å²) in [6.45, 7) is 4.32. The standard InChI is InChI=1S/C12H16N2O2/c1-8(2)14-11-4-3-9(7-15)5-10(11)13-6-12(14)16/h3-5,8,13,15H,6-7H2,1-2H3. The summed E-state index contributed by atoms with van der Waals surface area (Å²) in [7, 11) is 0. The molecule has 0 unspecified atom stereocenters. The van der Waals surface area contributed by atoms with E-state index in [9.17, 15) is 4.79 Å². The number of carbonyl (C=O) groups is 1. The second kappa shape index (κ2) is 4.14. The highest BCUT2D eigenvalue weighted by atomic mass is 16.3. The van der Waals surface area contributed by atoms with E-state index in [1.54, 1.807) is 4.90 Å². The third-order valence-electron chi connectivity index (χ3n) is 2.72. The first-order chi connectivity index (χ1) is 7.63. The van der Waals surface area contributed by atoms with E-state index in [1.165, 1.54) is 0 Å². The van der Waals surface area contributed by atoms with E-state index in [-0.39, 0.29) is 18.6 Å². The van der Waals surface area contributed by atoms with Crippen molar-refractivity contribution in [2.24, 2.45) is 0 Å². The van der Waals surface area contributed by atoms with Gasteiger partial charge in [-0.15, -0.1) is 0 Å². The molecule has 0 spiro atoms. The monoisotopic (exact) mass is 220 g/mol. The number of nitrogens with one attached hydrogen (secondary N) is 1. The van der Waals surface area contributed by atoms with Crippen LogP contribution in [0, 0.1) is 0 Å². The number of amides is 1. The highest BCUT2D eigenvalue weighted by Gasteiger charge is 2.25. The van der Waals surface area contributed by atoms with Gasteiger partial charge in [0.2, 0.25) is 5.91 Å². The first-order valence-electron chi connectivity index (χ1n) is 5.43. The molecule has 1 aliphatic heterocycles. The molecule has 16 heavy (non-hydrogen) atoms. The van der Waals surface area contributed by atoms with Gasteiger partial charge in [0.05, 0.1) is 24.5 Å². The Kier molecular flexibility index (Phi) is 2.83. The van der Waals surface area contributed by atoms with Crippen molar-refractivity contribution < 1.29 is 9.90 Å². The number of rotatable bonds is 2. The topological polar surface area (TPSA) is 52.6 Å². The van der Waals surface area contributed by atoms with Crippen LogP contribution in [-0.2, 0) is 11.4 Å². The van der Waals surface area contributed by atoms with E-state index in [0.29, 0.717) is 6.54 Å². The van der Waals surface area contributed by atoms with Gasteiger partial charge < -0.3 is 15.3 Å². The van der Waals surface area contributed by atoms with E-state index in [2.05, 4.69) is 5.32 Å². The van der Waals surface area contributed by atoms with Gasteiger partial charge in [0.1, 0.15) is 0 Å². The minimum Gasteiger partial charge on any atom is -0.392 e. The highest BCUT2D eigenvalue weighted by Crippen LogP contribution is 2.31. The predicted molar refractivity (Wildman–Crippen MR) is 63.5 cm³/mol. The molecular weight excluding hydrogens is 204 g/mol. The van der Waals surface area contributed by atoms with E-state index in [1.807, 2.05) is 32.0 Å². The largest absolute Gasteiger partial charge is 0.392 e. The summed E-state index contributed by atoms with van der Waals surface area (Å²) in [6.07, 6.45) is 0. The van der Waals surface area contributed by atoms with E-state index in [4.69, 9.17) is 5.11 Å². The fourth-order valence-electron chi connectivity index (χ4n) is 1.99. The first-order valence-corrected chi connectivity index (χ1v) is 5.43. The molecule has 0 saturated heterocycles. The Morgan fingerprint density at radius 1 is 1.50 bits per heavy atom. The highest BCUT2D eigenvalue weighted by molar-refractivity contribution is 6.03. The van der Waals surface area contributed by atoms with Gasteiger partial charge in [0.15, 0.2) is 0 Å². The van der Waals surface area contributed by atoms with Gasteiger partial charge >= 0.3 is 0 Å². The number of hydrogen-bond acceptors (Lipinski definition) is 3. The van der Waals surface area contributed by atoms with Crippen LogP contribution in [0.15, 0.2) is 18.2 Å². The maximum atomic E-state index is 11.8. The molecule has 1 aromatic rings. The Balaban J connectivity index is 2.44.